The van der Waals surface area contributed by atoms with Gasteiger partial charge in [0.2, 0.25) is 0 Å². The van der Waals surface area contributed by atoms with Crippen LogP contribution in [0.2, 0.25) is 0 Å². The molecule has 0 heterocycles. The molecule has 0 saturated heterocycles. The van der Waals surface area contributed by atoms with Gasteiger partial charge in [-0.15, -0.1) is 12.4 Å². The molecule has 17 heavy (non-hydrogen) atoms. The van der Waals surface area contributed by atoms with E-state index in [0.717, 1.165) is 0 Å². The van der Waals surface area contributed by atoms with E-state index in [2.05, 4.69) is 0 Å². The molecule has 0 aliphatic heterocycles. The molecule has 0 aromatic heterocycles. The van der Waals surface area contributed by atoms with Crippen molar-refractivity contribution >= 4 is 36.3 Å². The number of rotatable bonds is 4. The Morgan fingerprint density at radius 1 is 0.529 bits per heavy atom. The third-order valence-electron chi connectivity index (χ3n) is 0.737. The Hall–Kier alpha value is -2.35. The number of hydrogen-bond donors (Lipinski definition) is 4. The van der Waals surface area contributed by atoms with Gasteiger partial charge in [-0.25, -0.2) is 19.2 Å². The zero-order valence-corrected chi connectivity index (χ0v) is 8.96. The lowest BCUT2D eigenvalue weighted by Crippen LogP contribution is -1.91. The molecule has 96 valence electrons. The van der Waals surface area contributed by atoms with Crippen LogP contribution in [0.1, 0.15) is 0 Å². The van der Waals surface area contributed by atoms with Crippen molar-refractivity contribution in [3.63, 3.8) is 0 Å². The fourth-order valence-electron chi connectivity index (χ4n) is 0.285. The molecule has 0 amide bonds. The Morgan fingerprint density at radius 3 is 0.706 bits per heavy atom. The molecule has 0 aliphatic rings. The first-order valence-electron chi connectivity index (χ1n) is 3.53. The summed E-state index contributed by atoms with van der Waals surface area (Å²) >= 11 is 0. The first-order chi connectivity index (χ1) is 7.25. The summed E-state index contributed by atoms with van der Waals surface area (Å²) in [5.41, 5.74) is 0. The van der Waals surface area contributed by atoms with Crippen LogP contribution in [0.5, 0.6) is 0 Å². The summed E-state index contributed by atoms with van der Waals surface area (Å²) in [6, 6.07) is 0. The standard InChI is InChI=1S/2C4H4O4.ClH/c2*5-3(6)1-2-4(7)8;/h2*1-2H,(H,5,6)(H,7,8);1H/b2*2-1+;. The average molecular weight is 269 g/mol. The number of hydrogen-bond acceptors (Lipinski definition) is 4. The number of aliphatic carboxylic acids is 4. The quantitative estimate of drug-likeness (QED) is 0.514. The molecular formula is C8H9ClO8. The third kappa shape index (κ3) is 31.7. The highest BCUT2D eigenvalue weighted by atomic mass is 35.5. The summed E-state index contributed by atoms with van der Waals surface area (Å²) in [5, 5.41) is 31.2. The van der Waals surface area contributed by atoms with E-state index in [1.54, 1.807) is 0 Å². The molecular weight excluding hydrogens is 260 g/mol. The van der Waals surface area contributed by atoms with Crippen LogP contribution in [0.3, 0.4) is 0 Å². The minimum absolute atomic E-state index is 0. The summed E-state index contributed by atoms with van der Waals surface area (Å²) in [6.45, 7) is 0. The maximum absolute atomic E-state index is 9.55. The third-order valence-corrected chi connectivity index (χ3v) is 0.737. The lowest BCUT2D eigenvalue weighted by Gasteiger charge is -1.74. The van der Waals surface area contributed by atoms with Gasteiger partial charge in [0.05, 0.1) is 0 Å². The summed E-state index contributed by atoms with van der Waals surface area (Å²) < 4.78 is 0. The summed E-state index contributed by atoms with van der Waals surface area (Å²) in [6.07, 6.45) is 2.23. The highest BCUT2D eigenvalue weighted by Crippen LogP contribution is 1.71. The van der Waals surface area contributed by atoms with Crippen molar-refractivity contribution in [3.05, 3.63) is 24.3 Å². The molecule has 0 aliphatic carbocycles. The molecule has 4 N–H and O–H groups in total. The van der Waals surface area contributed by atoms with Gasteiger partial charge in [0.25, 0.3) is 0 Å². The van der Waals surface area contributed by atoms with Crippen molar-refractivity contribution in [3.8, 4) is 0 Å². The average Bonchev–Trinajstić information content (AvgIpc) is 2.12. The second-order valence-corrected chi connectivity index (χ2v) is 2.02. The largest absolute Gasteiger partial charge is 0.478 e. The van der Waals surface area contributed by atoms with E-state index >= 15 is 0 Å². The van der Waals surface area contributed by atoms with Crippen molar-refractivity contribution in [1.29, 1.82) is 0 Å². The van der Waals surface area contributed by atoms with Gasteiger partial charge >= 0.3 is 23.9 Å². The number of carbonyl (C=O) groups is 4. The Bertz CT molecular complexity index is 277. The lowest BCUT2D eigenvalue weighted by molar-refractivity contribution is -0.134. The van der Waals surface area contributed by atoms with Crippen molar-refractivity contribution in [2.75, 3.05) is 0 Å². The summed E-state index contributed by atoms with van der Waals surface area (Å²) in [7, 11) is 0. The minimum atomic E-state index is -1.26. The molecule has 0 radical (unpaired) electrons. The fraction of sp³-hybridized carbons (Fsp3) is 0. The number of halogens is 1. The predicted molar refractivity (Wildman–Crippen MR) is 56.1 cm³/mol. The normalized spacial score (nSPS) is 8.94. The molecule has 0 aromatic rings. The van der Waals surface area contributed by atoms with Crippen molar-refractivity contribution in [2.45, 2.75) is 0 Å². The SMILES string of the molecule is Cl.O=C(O)/C=C/C(=O)O.O=C(O)/C=C/C(=O)O. The summed E-state index contributed by atoms with van der Waals surface area (Å²) in [5.74, 6) is -5.03. The predicted octanol–water partition coefficient (Wildman–Crippen LogP) is -0.155. The van der Waals surface area contributed by atoms with Crippen LogP contribution in [0.15, 0.2) is 24.3 Å². The molecule has 0 saturated carbocycles. The summed E-state index contributed by atoms with van der Waals surface area (Å²) in [4.78, 5) is 38.2. The topological polar surface area (TPSA) is 149 Å². The first kappa shape index (κ1) is 20.1. The maximum Gasteiger partial charge on any atom is 0.328 e. The molecule has 0 rings (SSSR count). The van der Waals surface area contributed by atoms with Crippen molar-refractivity contribution in [2.24, 2.45) is 0 Å². The lowest BCUT2D eigenvalue weighted by atomic mass is 10.5. The zero-order valence-electron chi connectivity index (χ0n) is 8.14. The number of carboxylic acid groups (broad SMARTS) is 4. The fourth-order valence-corrected chi connectivity index (χ4v) is 0.285. The van der Waals surface area contributed by atoms with Crippen LogP contribution in [0.25, 0.3) is 0 Å². The van der Waals surface area contributed by atoms with Gasteiger partial charge < -0.3 is 20.4 Å². The van der Waals surface area contributed by atoms with Gasteiger partial charge in [0.1, 0.15) is 0 Å². The van der Waals surface area contributed by atoms with Gasteiger partial charge in [0, 0.05) is 24.3 Å². The second-order valence-electron chi connectivity index (χ2n) is 2.02. The maximum atomic E-state index is 9.55. The smallest absolute Gasteiger partial charge is 0.328 e. The molecule has 0 unspecified atom stereocenters. The minimum Gasteiger partial charge on any atom is -0.478 e. The Balaban J connectivity index is -0.000000218. The molecule has 0 atom stereocenters. The molecule has 0 aromatic carbocycles. The van der Waals surface area contributed by atoms with Crippen LogP contribution in [-0.4, -0.2) is 44.3 Å². The van der Waals surface area contributed by atoms with E-state index in [-0.39, 0.29) is 12.4 Å². The highest BCUT2D eigenvalue weighted by Gasteiger charge is 1.88. The van der Waals surface area contributed by atoms with E-state index in [0.29, 0.717) is 24.3 Å². The number of carboxylic acids is 4. The highest BCUT2D eigenvalue weighted by molar-refractivity contribution is 5.90. The van der Waals surface area contributed by atoms with Gasteiger partial charge in [-0.2, -0.15) is 0 Å². The monoisotopic (exact) mass is 268 g/mol. The second kappa shape index (κ2) is 11.7. The molecule has 0 spiro atoms. The van der Waals surface area contributed by atoms with Crippen LogP contribution in [-0.2, 0) is 19.2 Å². The van der Waals surface area contributed by atoms with E-state index < -0.39 is 23.9 Å². The van der Waals surface area contributed by atoms with Crippen LogP contribution >= 0.6 is 12.4 Å². The van der Waals surface area contributed by atoms with Crippen molar-refractivity contribution in [1.82, 2.24) is 0 Å². The van der Waals surface area contributed by atoms with Gasteiger partial charge in [-0.05, 0) is 0 Å². The van der Waals surface area contributed by atoms with Crippen LogP contribution in [0, 0.1) is 0 Å². The zero-order chi connectivity index (χ0) is 13.1. The molecule has 0 fully saturated rings. The van der Waals surface area contributed by atoms with Crippen LogP contribution < -0.4 is 0 Å². The Morgan fingerprint density at radius 2 is 0.647 bits per heavy atom. The van der Waals surface area contributed by atoms with Gasteiger partial charge in [0.15, 0.2) is 0 Å². The van der Waals surface area contributed by atoms with Crippen molar-refractivity contribution < 1.29 is 39.6 Å². The van der Waals surface area contributed by atoms with E-state index in [1.807, 2.05) is 0 Å². The van der Waals surface area contributed by atoms with Gasteiger partial charge in [-0.3, -0.25) is 0 Å². The van der Waals surface area contributed by atoms with E-state index in [9.17, 15) is 19.2 Å². The first-order valence-corrected chi connectivity index (χ1v) is 3.53. The molecule has 0 bridgehead atoms. The molecule has 9 heteroatoms. The Kier molecular flexibility index (Phi) is 13.9. The van der Waals surface area contributed by atoms with E-state index in [4.69, 9.17) is 20.4 Å². The Labute approximate surface area is 101 Å². The molecule has 8 nitrogen and oxygen atoms in total. The van der Waals surface area contributed by atoms with E-state index in [1.165, 1.54) is 0 Å². The van der Waals surface area contributed by atoms with Crippen LogP contribution in [0.4, 0.5) is 0 Å². The van der Waals surface area contributed by atoms with Gasteiger partial charge in [-0.1, -0.05) is 0 Å².